The first-order valence-corrected chi connectivity index (χ1v) is 8.88. The molecule has 0 aromatic heterocycles. The number of hydrogen-bond acceptors (Lipinski definition) is 2. The highest BCUT2D eigenvalue weighted by Gasteiger charge is 2.34. The third-order valence-electron chi connectivity index (χ3n) is 4.82. The van der Waals surface area contributed by atoms with Crippen LogP contribution in [0.4, 0.5) is 0 Å². The summed E-state index contributed by atoms with van der Waals surface area (Å²) < 4.78 is 6.11. The molecule has 0 radical (unpaired) electrons. The summed E-state index contributed by atoms with van der Waals surface area (Å²) in [5.41, 5.74) is 5.37. The van der Waals surface area contributed by atoms with Crippen molar-refractivity contribution in [2.45, 2.75) is 59.1 Å². The van der Waals surface area contributed by atoms with Gasteiger partial charge in [-0.2, -0.15) is 0 Å². The fourth-order valence-electron chi connectivity index (χ4n) is 3.50. The summed E-state index contributed by atoms with van der Waals surface area (Å²) in [6.45, 7) is 10.3. The Morgan fingerprint density at radius 1 is 1.12 bits per heavy atom. The summed E-state index contributed by atoms with van der Waals surface area (Å²) in [6, 6.07) is 12.4. The van der Waals surface area contributed by atoms with Crippen LogP contribution in [0.5, 0.6) is 5.75 Å². The van der Waals surface area contributed by atoms with E-state index in [2.05, 4.69) is 76.3 Å². The number of carbonyl (C=O) groups excluding carboxylic acids is 1. The fourth-order valence-corrected chi connectivity index (χ4v) is 3.50. The van der Waals surface area contributed by atoms with Crippen molar-refractivity contribution in [1.29, 1.82) is 0 Å². The van der Waals surface area contributed by atoms with Gasteiger partial charge in [-0.25, -0.2) is 0 Å². The van der Waals surface area contributed by atoms with E-state index < -0.39 is 0 Å². The van der Waals surface area contributed by atoms with Gasteiger partial charge in [0.2, 0.25) is 5.91 Å². The van der Waals surface area contributed by atoms with Crippen LogP contribution in [0.1, 0.15) is 54.1 Å². The summed E-state index contributed by atoms with van der Waals surface area (Å²) in [6.07, 6.45) is 1.17. The van der Waals surface area contributed by atoms with Crippen molar-refractivity contribution in [2.75, 3.05) is 0 Å². The van der Waals surface area contributed by atoms with Crippen LogP contribution in [0.25, 0.3) is 0 Å². The molecule has 1 aliphatic heterocycles. The minimum atomic E-state index is -0.294. The lowest BCUT2D eigenvalue weighted by Gasteiger charge is -2.38. The van der Waals surface area contributed by atoms with Gasteiger partial charge in [0.15, 0.2) is 0 Å². The van der Waals surface area contributed by atoms with Crippen molar-refractivity contribution in [3.8, 4) is 5.75 Å². The van der Waals surface area contributed by atoms with Gasteiger partial charge in [0.05, 0.1) is 12.5 Å². The van der Waals surface area contributed by atoms with Crippen LogP contribution in [0.15, 0.2) is 36.4 Å². The minimum Gasteiger partial charge on any atom is -0.487 e. The second kappa shape index (κ2) is 6.55. The Morgan fingerprint density at radius 3 is 2.56 bits per heavy atom. The van der Waals surface area contributed by atoms with E-state index in [0.29, 0.717) is 6.42 Å². The zero-order valence-electron chi connectivity index (χ0n) is 15.8. The van der Waals surface area contributed by atoms with Crippen molar-refractivity contribution in [3.05, 3.63) is 64.2 Å². The van der Waals surface area contributed by atoms with Gasteiger partial charge in [0.1, 0.15) is 11.4 Å². The van der Waals surface area contributed by atoms with E-state index in [1.807, 2.05) is 0 Å². The molecule has 0 spiro atoms. The summed E-state index contributed by atoms with van der Waals surface area (Å²) in [4.78, 5) is 12.7. The second-order valence-corrected chi connectivity index (χ2v) is 7.83. The lowest BCUT2D eigenvalue weighted by Crippen LogP contribution is -2.41. The van der Waals surface area contributed by atoms with Crippen LogP contribution in [-0.2, 0) is 11.2 Å². The Hall–Kier alpha value is -2.29. The lowest BCUT2D eigenvalue weighted by molar-refractivity contribution is -0.121. The van der Waals surface area contributed by atoms with Crippen LogP contribution in [0, 0.1) is 20.8 Å². The number of ether oxygens (including phenoxy) is 1. The first-order valence-electron chi connectivity index (χ1n) is 8.88. The van der Waals surface area contributed by atoms with E-state index >= 15 is 0 Å². The van der Waals surface area contributed by atoms with Crippen molar-refractivity contribution >= 4 is 5.91 Å². The highest BCUT2D eigenvalue weighted by molar-refractivity contribution is 5.79. The Kier molecular flexibility index (Phi) is 4.59. The molecule has 0 unspecified atom stereocenters. The van der Waals surface area contributed by atoms with Crippen LogP contribution >= 0.6 is 0 Å². The van der Waals surface area contributed by atoms with E-state index in [1.165, 1.54) is 5.56 Å². The quantitative estimate of drug-likeness (QED) is 0.891. The van der Waals surface area contributed by atoms with Crippen LogP contribution in [0.2, 0.25) is 0 Å². The van der Waals surface area contributed by atoms with Gasteiger partial charge in [-0.15, -0.1) is 0 Å². The largest absolute Gasteiger partial charge is 0.487 e. The average Bonchev–Trinajstić information content (AvgIpc) is 2.49. The van der Waals surface area contributed by atoms with Crippen molar-refractivity contribution in [2.24, 2.45) is 0 Å². The minimum absolute atomic E-state index is 0.0167. The normalized spacial score (nSPS) is 18.2. The topological polar surface area (TPSA) is 38.3 Å². The van der Waals surface area contributed by atoms with Gasteiger partial charge in [-0.1, -0.05) is 35.9 Å². The van der Waals surface area contributed by atoms with E-state index in [1.54, 1.807) is 0 Å². The van der Waals surface area contributed by atoms with Crippen LogP contribution in [0.3, 0.4) is 0 Å². The maximum Gasteiger partial charge on any atom is 0.224 e. The SMILES string of the molecule is Cc1ccc(C)c(CC(=O)N[C@@H]2CC(C)(C)Oc3cc(C)ccc32)c1. The molecule has 2 aromatic rings. The van der Waals surface area contributed by atoms with Crippen molar-refractivity contribution < 1.29 is 9.53 Å². The van der Waals surface area contributed by atoms with E-state index in [4.69, 9.17) is 4.74 Å². The molecule has 25 heavy (non-hydrogen) atoms. The number of amides is 1. The van der Waals surface area contributed by atoms with Gasteiger partial charge in [0, 0.05) is 12.0 Å². The highest BCUT2D eigenvalue weighted by Crippen LogP contribution is 2.39. The first-order chi connectivity index (χ1) is 11.7. The summed E-state index contributed by atoms with van der Waals surface area (Å²) >= 11 is 0. The predicted molar refractivity (Wildman–Crippen MR) is 101 cm³/mol. The maximum atomic E-state index is 12.7. The van der Waals surface area contributed by atoms with Gasteiger partial charge >= 0.3 is 0 Å². The molecule has 0 saturated heterocycles. The fraction of sp³-hybridized carbons (Fsp3) is 0.409. The molecule has 0 fully saturated rings. The molecule has 0 bridgehead atoms. The summed E-state index contributed by atoms with van der Waals surface area (Å²) in [5.74, 6) is 0.941. The van der Waals surface area contributed by atoms with Gasteiger partial charge in [0.25, 0.3) is 0 Å². The Labute approximate surface area is 150 Å². The molecule has 3 rings (SSSR count). The third-order valence-corrected chi connectivity index (χ3v) is 4.82. The molecular formula is C22H27NO2. The Bertz CT molecular complexity index is 808. The van der Waals surface area contributed by atoms with E-state index in [0.717, 1.165) is 34.4 Å². The molecule has 0 saturated carbocycles. The van der Waals surface area contributed by atoms with E-state index in [-0.39, 0.29) is 17.6 Å². The molecule has 1 aliphatic rings. The molecular weight excluding hydrogens is 310 g/mol. The number of hydrogen-bond donors (Lipinski definition) is 1. The van der Waals surface area contributed by atoms with Gasteiger partial charge in [-0.05, 0) is 57.4 Å². The van der Waals surface area contributed by atoms with Crippen molar-refractivity contribution in [3.63, 3.8) is 0 Å². The van der Waals surface area contributed by atoms with Gasteiger partial charge < -0.3 is 10.1 Å². The third kappa shape index (κ3) is 4.04. The Morgan fingerprint density at radius 2 is 1.80 bits per heavy atom. The highest BCUT2D eigenvalue weighted by atomic mass is 16.5. The number of nitrogens with one attached hydrogen (secondary N) is 1. The average molecular weight is 337 g/mol. The smallest absolute Gasteiger partial charge is 0.224 e. The Balaban J connectivity index is 1.80. The monoisotopic (exact) mass is 337 g/mol. The predicted octanol–water partition coefficient (Wildman–Crippen LogP) is 4.57. The number of benzene rings is 2. The first kappa shape index (κ1) is 17.5. The molecule has 1 amide bonds. The standard InChI is InChI=1S/C22H27NO2/c1-14-6-8-16(3)17(10-14)12-21(24)23-19-13-22(4,5)25-20-11-15(2)7-9-18(19)20/h6-11,19H,12-13H2,1-5H3,(H,23,24)/t19-/m1/s1. The molecule has 1 atom stereocenters. The molecule has 132 valence electrons. The molecule has 1 heterocycles. The number of fused-ring (bicyclic) bond motifs is 1. The maximum absolute atomic E-state index is 12.7. The zero-order valence-corrected chi connectivity index (χ0v) is 15.8. The molecule has 1 N–H and O–H groups in total. The number of rotatable bonds is 3. The molecule has 3 heteroatoms. The van der Waals surface area contributed by atoms with Crippen LogP contribution in [-0.4, -0.2) is 11.5 Å². The summed E-state index contributed by atoms with van der Waals surface area (Å²) in [7, 11) is 0. The molecule has 2 aromatic carbocycles. The number of carbonyl (C=O) groups is 1. The van der Waals surface area contributed by atoms with Crippen molar-refractivity contribution in [1.82, 2.24) is 5.32 Å². The van der Waals surface area contributed by atoms with Gasteiger partial charge in [-0.3, -0.25) is 4.79 Å². The van der Waals surface area contributed by atoms with E-state index in [9.17, 15) is 4.79 Å². The second-order valence-electron chi connectivity index (χ2n) is 7.83. The van der Waals surface area contributed by atoms with Crippen LogP contribution < -0.4 is 10.1 Å². The number of aryl methyl sites for hydroxylation is 3. The lowest BCUT2D eigenvalue weighted by atomic mass is 9.89. The molecule has 3 nitrogen and oxygen atoms in total. The zero-order chi connectivity index (χ0) is 18.2. The molecule has 0 aliphatic carbocycles. The summed E-state index contributed by atoms with van der Waals surface area (Å²) in [5, 5.41) is 3.23.